The van der Waals surface area contributed by atoms with E-state index >= 15 is 0 Å². The highest BCUT2D eigenvalue weighted by atomic mass is 35.5. The Labute approximate surface area is 94.9 Å². The number of benzene rings is 1. The molecule has 0 bridgehead atoms. The van der Waals surface area contributed by atoms with Crippen LogP contribution in [0.4, 0.5) is 5.69 Å². The molecule has 15 heavy (non-hydrogen) atoms. The molecule has 0 spiro atoms. The van der Waals surface area contributed by atoms with Gasteiger partial charge in [0.15, 0.2) is 0 Å². The lowest BCUT2D eigenvalue weighted by Crippen LogP contribution is -2.19. The van der Waals surface area contributed by atoms with E-state index in [1.807, 2.05) is 6.92 Å². The lowest BCUT2D eigenvalue weighted by atomic mass is 10.1. The third-order valence-corrected chi connectivity index (χ3v) is 2.33. The van der Waals surface area contributed by atoms with Crippen LogP contribution in [0.15, 0.2) is 36.9 Å². The molecule has 1 aromatic rings. The van der Waals surface area contributed by atoms with Gasteiger partial charge in [0.1, 0.15) is 0 Å². The quantitative estimate of drug-likeness (QED) is 0.778. The molecule has 0 heterocycles. The van der Waals surface area contributed by atoms with Gasteiger partial charge in [0.2, 0.25) is 5.91 Å². The van der Waals surface area contributed by atoms with Crippen LogP contribution in [0.1, 0.15) is 13.3 Å². The minimum absolute atomic E-state index is 0.00257. The second-order valence-corrected chi connectivity index (χ2v) is 3.86. The van der Waals surface area contributed by atoms with E-state index in [1.165, 1.54) is 0 Å². The Balaban J connectivity index is 2.58. The van der Waals surface area contributed by atoms with Crippen molar-refractivity contribution in [2.45, 2.75) is 13.3 Å². The highest BCUT2D eigenvalue weighted by Crippen LogP contribution is 2.14. The number of halogens is 1. The topological polar surface area (TPSA) is 29.1 Å². The average Bonchev–Trinajstić information content (AvgIpc) is 2.22. The minimum atomic E-state index is -0.0572. The van der Waals surface area contributed by atoms with E-state index in [2.05, 4.69) is 11.9 Å². The van der Waals surface area contributed by atoms with Crippen LogP contribution in [-0.2, 0) is 4.79 Å². The van der Waals surface area contributed by atoms with E-state index in [-0.39, 0.29) is 11.8 Å². The maximum atomic E-state index is 11.6. The van der Waals surface area contributed by atoms with Crippen LogP contribution >= 0.6 is 11.6 Å². The summed E-state index contributed by atoms with van der Waals surface area (Å²) in [6.07, 6.45) is 2.42. The van der Waals surface area contributed by atoms with Crippen LogP contribution in [0, 0.1) is 5.92 Å². The number of rotatable bonds is 4. The molecule has 0 aliphatic heterocycles. The fourth-order valence-corrected chi connectivity index (χ4v) is 1.28. The van der Waals surface area contributed by atoms with Crippen LogP contribution in [0.25, 0.3) is 0 Å². The summed E-state index contributed by atoms with van der Waals surface area (Å²) in [5, 5.41) is 3.47. The number of hydrogen-bond donors (Lipinski definition) is 1. The van der Waals surface area contributed by atoms with Crippen molar-refractivity contribution in [2.75, 3.05) is 5.32 Å². The summed E-state index contributed by atoms with van der Waals surface area (Å²) in [5.74, 6) is -0.0598. The Bertz CT molecular complexity index is 345. The summed E-state index contributed by atoms with van der Waals surface area (Å²) in [6, 6.07) is 7.05. The number of carbonyl (C=O) groups excluding carboxylic acids is 1. The van der Waals surface area contributed by atoms with Gasteiger partial charge in [-0.05, 0) is 30.7 Å². The zero-order chi connectivity index (χ0) is 11.3. The van der Waals surface area contributed by atoms with Crippen LogP contribution in [-0.4, -0.2) is 5.91 Å². The number of hydrogen-bond acceptors (Lipinski definition) is 1. The SMILES string of the molecule is C=CCC(C)C(=O)Nc1ccc(Cl)cc1. The highest BCUT2D eigenvalue weighted by Gasteiger charge is 2.10. The van der Waals surface area contributed by atoms with E-state index in [1.54, 1.807) is 30.3 Å². The third kappa shape index (κ3) is 3.76. The van der Waals surface area contributed by atoms with Crippen molar-refractivity contribution >= 4 is 23.2 Å². The number of amides is 1. The van der Waals surface area contributed by atoms with E-state index < -0.39 is 0 Å². The first-order valence-electron chi connectivity index (χ1n) is 4.81. The molecule has 1 N–H and O–H groups in total. The summed E-state index contributed by atoms with van der Waals surface area (Å²) < 4.78 is 0. The molecule has 0 radical (unpaired) electrons. The smallest absolute Gasteiger partial charge is 0.227 e. The number of carbonyl (C=O) groups is 1. The Morgan fingerprint density at radius 1 is 1.53 bits per heavy atom. The minimum Gasteiger partial charge on any atom is -0.326 e. The van der Waals surface area contributed by atoms with E-state index in [0.29, 0.717) is 11.4 Å². The van der Waals surface area contributed by atoms with E-state index in [0.717, 1.165) is 5.69 Å². The lowest BCUT2D eigenvalue weighted by Gasteiger charge is -2.09. The fourth-order valence-electron chi connectivity index (χ4n) is 1.16. The zero-order valence-electron chi connectivity index (χ0n) is 8.66. The molecule has 0 fully saturated rings. The summed E-state index contributed by atoms with van der Waals surface area (Å²) in [7, 11) is 0. The normalized spacial score (nSPS) is 11.9. The van der Waals surface area contributed by atoms with Gasteiger partial charge in [-0.2, -0.15) is 0 Å². The predicted octanol–water partition coefficient (Wildman–Crippen LogP) is 3.49. The maximum Gasteiger partial charge on any atom is 0.227 e. The van der Waals surface area contributed by atoms with Gasteiger partial charge in [-0.3, -0.25) is 4.79 Å². The molecule has 0 saturated heterocycles. The molecule has 3 heteroatoms. The van der Waals surface area contributed by atoms with Crippen LogP contribution in [0.5, 0.6) is 0 Å². The third-order valence-electron chi connectivity index (χ3n) is 2.08. The average molecular weight is 224 g/mol. The van der Waals surface area contributed by atoms with Crippen molar-refractivity contribution in [2.24, 2.45) is 5.92 Å². The first-order chi connectivity index (χ1) is 7.13. The van der Waals surface area contributed by atoms with Gasteiger partial charge < -0.3 is 5.32 Å². The Morgan fingerprint density at radius 3 is 2.67 bits per heavy atom. The van der Waals surface area contributed by atoms with Gasteiger partial charge in [0, 0.05) is 16.6 Å². The second-order valence-electron chi connectivity index (χ2n) is 3.42. The summed E-state index contributed by atoms with van der Waals surface area (Å²) >= 11 is 5.73. The number of allylic oxidation sites excluding steroid dienone is 1. The Morgan fingerprint density at radius 2 is 2.13 bits per heavy atom. The predicted molar refractivity (Wildman–Crippen MR) is 64.1 cm³/mol. The fraction of sp³-hybridized carbons (Fsp3) is 0.250. The molecular weight excluding hydrogens is 210 g/mol. The Kier molecular flexibility index (Phi) is 4.37. The summed E-state index contributed by atoms with van der Waals surface area (Å²) in [5.41, 5.74) is 0.764. The van der Waals surface area contributed by atoms with Crippen LogP contribution in [0.2, 0.25) is 5.02 Å². The number of nitrogens with one attached hydrogen (secondary N) is 1. The first kappa shape index (κ1) is 11.8. The van der Waals surface area contributed by atoms with Gasteiger partial charge in [0.25, 0.3) is 0 Å². The first-order valence-corrected chi connectivity index (χ1v) is 5.18. The molecule has 0 saturated carbocycles. The molecule has 0 aliphatic rings. The van der Waals surface area contributed by atoms with E-state index in [4.69, 9.17) is 11.6 Å². The zero-order valence-corrected chi connectivity index (χ0v) is 9.42. The molecule has 2 nitrogen and oxygen atoms in total. The van der Waals surface area contributed by atoms with Crippen LogP contribution < -0.4 is 5.32 Å². The molecule has 80 valence electrons. The number of anilines is 1. The molecule has 1 rings (SSSR count). The van der Waals surface area contributed by atoms with Gasteiger partial charge in [-0.25, -0.2) is 0 Å². The van der Waals surface area contributed by atoms with Gasteiger partial charge in [0.05, 0.1) is 0 Å². The molecule has 0 aromatic heterocycles. The standard InChI is InChI=1S/C12H14ClNO/c1-3-4-9(2)12(15)14-11-7-5-10(13)6-8-11/h3,5-9H,1,4H2,2H3,(H,14,15). The van der Waals surface area contributed by atoms with E-state index in [9.17, 15) is 4.79 Å². The monoisotopic (exact) mass is 223 g/mol. The molecule has 1 atom stereocenters. The lowest BCUT2D eigenvalue weighted by molar-refractivity contribution is -0.119. The molecule has 1 unspecified atom stereocenters. The molecule has 1 amide bonds. The van der Waals surface area contributed by atoms with Gasteiger partial charge in [-0.1, -0.05) is 24.6 Å². The molecular formula is C12H14ClNO. The van der Waals surface area contributed by atoms with Crippen molar-refractivity contribution in [3.05, 3.63) is 41.9 Å². The summed E-state index contributed by atoms with van der Waals surface area (Å²) in [6.45, 7) is 5.47. The van der Waals surface area contributed by atoms with Crippen molar-refractivity contribution in [1.29, 1.82) is 0 Å². The van der Waals surface area contributed by atoms with Crippen molar-refractivity contribution in [1.82, 2.24) is 0 Å². The Hall–Kier alpha value is -1.28. The molecule has 0 aliphatic carbocycles. The van der Waals surface area contributed by atoms with Crippen LogP contribution in [0.3, 0.4) is 0 Å². The van der Waals surface area contributed by atoms with Gasteiger partial charge in [-0.15, -0.1) is 6.58 Å². The van der Waals surface area contributed by atoms with Crippen molar-refractivity contribution in [3.63, 3.8) is 0 Å². The summed E-state index contributed by atoms with van der Waals surface area (Å²) in [4.78, 5) is 11.6. The highest BCUT2D eigenvalue weighted by molar-refractivity contribution is 6.30. The van der Waals surface area contributed by atoms with Gasteiger partial charge >= 0.3 is 0 Å². The largest absolute Gasteiger partial charge is 0.326 e. The maximum absolute atomic E-state index is 11.6. The van der Waals surface area contributed by atoms with Crippen molar-refractivity contribution < 1.29 is 4.79 Å². The molecule has 1 aromatic carbocycles. The van der Waals surface area contributed by atoms with Crippen molar-refractivity contribution in [3.8, 4) is 0 Å². The second kappa shape index (κ2) is 5.56.